The van der Waals surface area contributed by atoms with E-state index in [1.807, 2.05) is 5.38 Å². The second-order valence-corrected chi connectivity index (χ2v) is 8.24. The molecule has 1 aromatic carbocycles. The molecule has 4 rings (SSSR count). The summed E-state index contributed by atoms with van der Waals surface area (Å²) >= 11 is 3.02. The Kier molecular flexibility index (Phi) is 5.11. The third kappa shape index (κ3) is 3.43. The topological polar surface area (TPSA) is 44.1 Å². The Balaban J connectivity index is 1.66. The number of halogens is 1. The van der Waals surface area contributed by atoms with Crippen molar-refractivity contribution in [3.63, 3.8) is 0 Å². The van der Waals surface area contributed by atoms with E-state index in [1.54, 1.807) is 35.5 Å². The number of thiophene rings is 1. The SMILES string of the molecule is Cn1c(SC[C@H]2CCCCO2)nc2scc(-c3ccc(F)cc3)c2c1=O. The normalized spacial score (nSPS) is 17.7. The lowest BCUT2D eigenvalue weighted by molar-refractivity contribution is 0.0315. The van der Waals surface area contributed by atoms with E-state index in [0.29, 0.717) is 10.5 Å². The molecule has 0 amide bonds. The second-order valence-electron chi connectivity index (χ2n) is 6.39. The molecule has 7 heteroatoms. The molecule has 1 aliphatic heterocycles. The molecule has 136 valence electrons. The maximum atomic E-state index is 13.2. The van der Waals surface area contributed by atoms with Gasteiger partial charge >= 0.3 is 0 Å². The van der Waals surface area contributed by atoms with E-state index in [-0.39, 0.29) is 17.5 Å². The predicted octanol–water partition coefficient (Wildman–Crippen LogP) is 4.46. The first-order chi connectivity index (χ1) is 12.6. The van der Waals surface area contributed by atoms with E-state index in [9.17, 15) is 9.18 Å². The fourth-order valence-electron chi connectivity index (χ4n) is 3.13. The number of thioether (sulfide) groups is 1. The quantitative estimate of drug-likeness (QED) is 0.487. The highest BCUT2D eigenvalue weighted by molar-refractivity contribution is 7.99. The van der Waals surface area contributed by atoms with Gasteiger partial charge in [-0.05, 0) is 37.0 Å². The van der Waals surface area contributed by atoms with Crippen LogP contribution in [0.25, 0.3) is 21.3 Å². The lowest BCUT2D eigenvalue weighted by Crippen LogP contribution is -2.23. The van der Waals surface area contributed by atoms with Gasteiger partial charge in [0.25, 0.3) is 5.56 Å². The van der Waals surface area contributed by atoms with E-state index in [4.69, 9.17) is 9.72 Å². The van der Waals surface area contributed by atoms with Gasteiger partial charge in [-0.1, -0.05) is 23.9 Å². The van der Waals surface area contributed by atoms with Gasteiger partial charge in [-0.3, -0.25) is 9.36 Å². The molecule has 1 fully saturated rings. The smallest absolute Gasteiger partial charge is 0.263 e. The Labute approximate surface area is 159 Å². The minimum atomic E-state index is -0.289. The van der Waals surface area contributed by atoms with Crippen molar-refractivity contribution in [2.45, 2.75) is 30.5 Å². The summed E-state index contributed by atoms with van der Waals surface area (Å²) in [5.74, 6) is 0.519. The standard InChI is InChI=1S/C19H19FN2O2S2/c1-22-18(23)16-15(12-5-7-13(20)8-6-12)11-25-17(16)21-19(22)26-10-14-4-2-3-9-24-14/h5-8,11,14H,2-4,9-10H2,1H3/t14-/m1/s1. The van der Waals surface area contributed by atoms with Gasteiger partial charge in [-0.2, -0.15) is 0 Å². The Bertz CT molecular complexity index is 976. The van der Waals surface area contributed by atoms with Crippen LogP contribution in [0.1, 0.15) is 19.3 Å². The van der Waals surface area contributed by atoms with Crippen LogP contribution in [0.5, 0.6) is 0 Å². The van der Waals surface area contributed by atoms with Crippen LogP contribution in [0.4, 0.5) is 4.39 Å². The summed E-state index contributed by atoms with van der Waals surface area (Å²) in [6.07, 6.45) is 3.63. The molecule has 0 spiro atoms. The van der Waals surface area contributed by atoms with Crippen LogP contribution in [0.15, 0.2) is 39.6 Å². The molecule has 26 heavy (non-hydrogen) atoms. The molecule has 1 atom stereocenters. The minimum absolute atomic E-state index is 0.0670. The number of benzene rings is 1. The third-order valence-corrected chi connectivity index (χ3v) is 6.64. The highest BCUT2D eigenvalue weighted by atomic mass is 32.2. The monoisotopic (exact) mass is 390 g/mol. The first-order valence-corrected chi connectivity index (χ1v) is 10.5. The molecular weight excluding hydrogens is 371 g/mol. The molecular formula is C19H19FN2O2S2. The van der Waals surface area contributed by atoms with E-state index >= 15 is 0 Å². The van der Waals surface area contributed by atoms with Gasteiger partial charge in [0.05, 0.1) is 11.5 Å². The largest absolute Gasteiger partial charge is 0.377 e. The van der Waals surface area contributed by atoms with E-state index in [2.05, 4.69) is 0 Å². The average molecular weight is 391 g/mol. The summed E-state index contributed by atoms with van der Waals surface area (Å²) in [6.45, 7) is 0.822. The van der Waals surface area contributed by atoms with Crippen molar-refractivity contribution in [3.8, 4) is 11.1 Å². The highest BCUT2D eigenvalue weighted by Gasteiger charge is 2.18. The fraction of sp³-hybridized carbons (Fsp3) is 0.368. The number of hydrogen-bond donors (Lipinski definition) is 0. The van der Waals surface area contributed by atoms with Crippen molar-refractivity contribution in [2.75, 3.05) is 12.4 Å². The van der Waals surface area contributed by atoms with E-state index in [0.717, 1.165) is 41.2 Å². The van der Waals surface area contributed by atoms with Crippen LogP contribution in [0.2, 0.25) is 0 Å². The maximum absolute atomic E-state index is 13.2. The molecule has 1 aliphatic rings. The molecule has 0 saturated carbocycles. The molecule has 0 N–H and O–H groups in total. The maximum Gasteiger partial charge on any atom is 0.263 e. The van der Waals surface area contributed by atoms with Crippen LogP contribution in [-0.4, -0.2) is 28.0 Å². The minimum Gasteiger partial charge on any atom is -0.377 e. The Morgan fingerprint density at radius 1 is 1.35 bits per heavy atom. The number of fused-ring (bicyclic) bond motifs is 1. The molecule has 4 nitrogen and oxygen atoms in total. The molecule has 3 aromatic rings. The number of nitrogens with zero attached hydrogens (tertiary/aromatic N) is 2. The summed E-state index contributed by atoms with van der Waals surface area (Å²) < 4.78 is 20.6. The van der Waals surface area contributed by atoms with Crippen molar-refractivity contribution >= 4 is 33.3 Å². The summed E-state index contributed by atoms with van der Waals surface area (Å²) in [6, 6.07) is 6.20. The molecule has 1 saturated heterocycles. The third-order valence-electron chi connectivity index (χ3n) is 4.60. The Morgan fingerprint density at radius 3 is 2.88 bits per heavy atom. The van der Waals surface area contributed by atoms with Crippen molar-refractivity contribution in [2.24, 2.45) is 7.05 Å². The number of hydrogen-bond acceptors (Lipinski definition) is 5. The fourth-order valence-corrected chi connectivity index (χ4v) is 5.16. The van der Waals surface area contributed by atoms with Gasteiger partial charge < -0.3 is 4.74 Å². The van der Waals surface area contributed by atoms with Gasteiger partial charge in [0.1, 0.15) is 10.6 Å². The van der Waals surface area contributed by atoms with Gasteiger partial charge in [-0.25, -0.2) is 9.37 Å². The van der Waals surface area contributed by atoms with Gasteiger partial charge in [-0.15, -0.1) is 11.3 Å². The first kappa shape index (κ1) is 17.7. The van der Waals surface area contributed by atoms with Crippen LogP contribution < -0.4 is 5.56 Å². The highest BCUT2D eigenvalue weighted by Crippen LogP contribution is 2.32. The zero-order valence-electron chi connectivity index (χ0n) is 14.4. The Hall–Kier alpha value is -1.70. The van der Waals surface area contributed by atoms with Crippen LogP contribution >= 0.6 is 23.1 Å². The van der Waals surface area contributed by atoms with E-state index < -0.39 is 0 Å². The van der Waals surface area contributed by atoms with Crippen molar-refractivity contribution < 1.29 is 9.13 Å². The van der Waals surface area contributed by atoms with Crippen molar-refractivity contribution in [1.82, 2.24) is 9.55 Å². The summed E-state index contributed by atoms with van der Waals surface area (Å²) in [7, 11) is 1.75. The second kappa shape index (κ2) is 7.50. The molecule has 0 aliphatic carbocycles. The summed E-state index contributed by atoms with van der Waals surface area (Å²) in [4.78, 5) is 18.4. The lowest BCUT2D eigenvalue weighted by atomic mass is 10.1. The lowest BCUT2D eigenvalue weighted by Gasteiger charge is -2.22. The molecule has 0 bridgehead atoms. The number of ether oxygens (including phenoxy) is 1. The Morgan fingerprint density at radius 2 is 2.15 bits per heavy atom. The van der Waals surface area contributed by atoms with Crippen molar-refractivity contribution in [1.29, 1.82) is 0 Å². The van der Waals surface area contributed by atoms with Crippen LogP contribution in [0, 0.1) is 5.82 Å². The van der Waals surface area contributed by atoms with Gasteiger partial charge in [0.2, 0.25) is 0 Å². The first-order valence-electron chi connectivity index (χ1n) is 8.62. The average Bonchev–Trinajstić information content (AvgIpc) is 3.09. The van der Waals surface area contributed by atoms with Crippen molar-refractivity contribution in [3.05, 3.63) is 45.8 Å². The van der Waals surface area contributed by atoms with E-state index in [1.165, 1.54) is 29.9 Å². The molecule has 0 unspecified atom stereocenters. The summed E-state index contributed by atoms with van der Waals surface area (Å²) in [5, 5.41) is 3.23. The molecule has 0 radical (unpaired) electrons. The zero-order valence-corrected chi connectivity index (χ0v) is 16.0. The predicted molar refractivity (Wildman–Crippen MR) is 105 cm³/mol. The summed E-state index contributed by atoms with van der Waals surface area (Å²) in [5.41, 5.74) is 1.57. The zero-order chi connectivity index (χ0) is 18.1. The van der Waals surface area contributed by atoms with Gasteiger partial charge in [0.15, 0.2) is 5.16 Å². The number of aromatic nitrogens is 2. The molecule has 3 heterocycles. The van der Waals surface area contributed by atoms with Gasteiger partial charge in [0, 0.05) is 30.4 Å². The number of rotatable bonds is 4. The van der Waals surface area contributed by atoms with Crippen LogP contribution in [0.3, 0.4) is 0 Å². The van der Waals surface area contributed by atoms with Crippen LogP contribution in [-0.2, 0) is 11.8 Å². The molecule has 2 aromatic heterocycles.